The first-order valence-electron chi connectivity index (χ1n) is 16.6. The zero-order valence-electron chi connectivity index (χ0n) is 28.7. The summed E-state index contributed by atoms with van der Waals surface area (Å²) in [5.74, 6) is 0.344. The minimum Gasteiger partial charge on any atom is -0.477 e. The van der Waals surface area contributed by atoms with Crippen LogP contribution in [0.15, 0.2) is 47.6 Å². The van der Waals surface area contributed by atoms with Crippen molar-refractivity contribution < 1.29 is 23.4 Å². The zero-order chi connectivity index (χ0) is 34.3. The Hall–Kier alpha value is -3.18. The van der Waals surface area contributed by atoms with Crippen molar-refractivity contribution in [2.45, 2.75) is 83.5 Å². The molecule has 5 rings (SSSR count). The van der Waals surface area contributed by atoms with E-state index in [1.165, 1.54) is 54.4 Å². The van der Waals surface area contributed by atoms with E-state index in [1.54, 1.807) is 19.1 Å². The molecule has 3 aromatic rings. The molecule has 2 fully saturated rings. The number of carbonyl (C=O) groups excluding carboxylic acids is 1. The fourth-order valence-corrected chi connectivity index (χ4v) is 6.40. The zero-order valence-corrected chi connectivity index (χ0v) is 26.3. The molecule has 12 heteroatoms. The highest BCUT2D eigenvalue weighted by Gasteiger charge is 2.36. The van der Waals surface area contributed by atoms with Gasteiger partial charge in [0.1, 0.15) is 11.0 Å². The van der Waals surface area contributed by atoms with Gasteiger partial charge in [0.2, 0.25) is 5.88 Å². The molecular weight excluding hydrogens is 588 g/mol. The molecule has 2 saturated carbocycles. The van der Waals surface area contributed by atoms with Gasteiger partial charge in [-0.1, -0.05) is 38.4 Å². The van der Waals surface area contributed by atoms with Crippen LogP contribution < -0.4 is 14.8 Å². The van der Waals surface area contributed by atoms with E-state index in [4.69, 9.17) is 21.8 Å². The molecule has 2 aliphatic carbocycles. The number of ether oxygens (including phenoxy) is 1. The van der Waals surface area contributed by atoms with Crippen LogP contribution in [-0.4, -0.2) is 47.2 Å². The summed E-state index contributed by atoms with van der Waals surface area (Å²) >= 11 is 6.28. The van der Waals surface area contributed by atoms with Crippen molar-refractivity contribution in [3.8, 4) is 11.7 Å². The van der Waals surface area contributed by atoms with E-state index in [9.17, 15) is 13.2 Å². The molecule has 2 N–H and O–H groups in total. The maximum atomic E-state index is 13.0. The third-order valence-corrected chi connectivity index (χ3v) is 9.47. The highest BCUT2D eigenvalue weighted by atomic mass is 35.5. The Morgan fingerprint density at radius 1 is 1.16 bits per heavy atom. The van der Waals surface area contributed by atoms with Crippen LogP contribution in [0.4, 0.5) is 5.82 Å². The lowest BCUT2D eigenvalue weighted by Gasteiger charge is -2.17. The fourth-order valence-electron chi connectivity index (χ4n) is 5.23. The molecule has 0 aromatic carbocycles. The van der Waals surface area contributed by atoms with Gasteiger partial charge in [-0.3, -0.25) is 4.79 Å². The molecule has 10 nitrogen and oxygen atoms in total. The number of amides is 1. The van der Waals surface area contributed by atoms with Crippen LogP contribution in [0.2, 0.25) is 5.15 Å². The Morgan fingerprint density at radius 2 is 1.98 bits per heavy atom. The Kier molecular flexibility index (Phi) is 7.82. The van der Waals surface area contributed by atoms with Gasteiger partial charge in [-0.25, -0.2) is 19.4 Å². The SMILES string of the molecule is [2H]C([2H])(COc1ccn(-c2ccc(C(=O)NS(=O)(=O)c3cccc(NCCC[C@@H]4CCC(C)(C)C4)n3)c(Cl)n2)n1)C([2H])([2H])C1(C)CC1. The van der Waals surface area contributed by atoms with E-state index in [-0.39, 0.29) is 27.4 Å². The number of halogens is 1. The highest BCUT2D eigenvalue weighted by Crippen LogP contribution is 2.48. The van der Waals surface area contributed by atoms with Crippen LogP contribution in [0, 0.1) is 16.7 Å². The molecule has 1 atom stereocenters. The largest absolute Gasteiger partial charge is 0.477 e. The molecule has 3 aromatic heterocycles. The van der Waals surface area contributed by atoms with Gasteiger partial charge in [-0.15, -0.1) is 5.10 Å². The van der Waals surface area contributed by atoms with E-state index in [0.29, 0.717) is 36.5 Å². The first kappa shape index (κ1) is 26.2. The molecule has 1 amide bonds. The molecule has 232 valence electrons. The van der Waals surface area contributed by atoms with Crippen LogP contribution >= 0.6 is 11.6 Å². The second-order valence-corrected chi connectivity index (χ2v) is 14.4. The van der Waals surface area contributed by atoms with Crippen molar-refractivity contribution in [1.82, 2.24) is 24.5 Å². The average molecular weight is 633 g/mol. The van der Waals surface area contributed by atoms with Crippen molar-refractivity contribution in [3.63, 3.8) is 0 Å². The van der Waals surface area contributed by atoms with E-state index in [0.717, 1.165) is 12.8 Å². The lowest BCUT2D eigenvalue weighted by molar-refractivity contribution is 0.0981. The highest BCUT2D eigenvalue weighted by molar-refractivity contribution is 7.90. The van der Waals surface area contributed by atoms with Gasteiger partial charge in [0.15, 0.2) is 10.8 Å². The standard InChI is InChI=1S/C31H41ClN6O4S/c1-30(2)15-12-22(21-30)7-5-18-33-24-8-4-9-27(34-24)43(40,41)37-29(39)23-10-11-25(35-28(23)32)38-19-13-26(36-38)42-20-6-14-31(3)16-17-31/h4,8-11,13,19,22H,5-7,12,14-18,20-21H2,1-3H3,(H,33,34)(H,37,39)/t22-/m1/s1/i6D2,14D2. The normalized spacial score (nSPS) is 20.8. The smallest absolute Gasteiger partial charge is 0.281 e. The van der Waals surface area contributed by atoms with E-state index in [2.05, 4.69) is 34.2 Å². The third-order valence-electron chi connectivity index (χ3n) is 7.95. The molecule has 0 saturated heterocycles. The number of sulfonamides is 1. The predicted octanol–water partition coefficient (Wildman–Crippen LogP) is 6.41. The first-order valence-corrected chi connectivity index (χ1v) is 16.4. The molecule has 43 heavy (non-hydrogen) atoms. The Morgan fingerprint density at radius 3 is 2.70 bits per heavy atom. The molecule has 0 aliphatic heterocycles. The van der Waals surface area contributed by atoms with Crippen molar-refractivity contribution in [1.29, 1.82) is 0 Å². The minimum absolute atomic E-state index is 0.0403. The lowest BCUT2D eigenvalue weighted by atomic mass is 9.89. The summed E-state index contributed by atoms with van der Waals surface area (Å²) in [4.78, 5) is 21.3. The second-order valence-electron chi connectivity index (χ2n) is 12.4. The van der Waals surface area contributed by atoms with Gasteiger partial charge in [-0.05, 0) is 98.7 Å². The molecular formula is C31H41ClN6O4S. The Bertz CT molecular complexity index is 1730. The summed E-state index contributed by atoms with van der Waals surface area (Å²) in [6, 6.07) is 8.70. The lowest BCUT2D eigenvalue weighted by Crippen LogP contribution is -2.31. The van der Waals surface area contributed by atoms with Crippen molar-refractivity contribution >= 4 is 33.3 Å². The number of rotatable bonds is 14. The van der Waals surface area contributed by atoms with E-state index >= 15 is 0 Å². The number of pyridine rings is 2. The molecule has 2 aliphatic rings. The second kappa shape index (κ2) is 12.8. The van der Waals surface area contributed by atoms with Gasteiger partial charge in [0.05, 0.1) is 12.2 Å². The summed E-state index contributed by atoms with van der Waals surface area (Å²) < 4.78 is 67.9. The van der Waals surface area contributed by atoms with Gasteiger partial charge < -0.3 is 10.1 Å². The van der Waals surface area contributed by atoms with Crippen LogP contribution in [-0.2, 0) is 10.0 Å². The molecule has 0 unspecified atom stereocenters. The fraction of sp³-hybridized carbons (Fsp3) is 0.548. The number of nitrogens with zero attached hydrogens (tertiary/aromatic N) is 4. The molecule has 0 bridgehead atoms. The summed E-state index contributed by atoms with van der Waals surface area (Å²) in [7, 11) is -4.33. The quantitative estimate of drug-likeness (QED) is 0.154. The van der Waals surface area contributed by atoms with Crippen LogP contribution in [0.5, 0.6) is 5.88 Å². The number of aromatic nitrogens is 4. The van der Waals surface area contributed by atoms with Crippen molar-refractivity contribution in [2.75, 3.05) is 18.5 Å². The maximum Gasteiger partial charge on any atom is 0.281 e. The molecule has 0 spiro atoms. The summed E-state index contributed by atoms with van der Waals surface area (Å²) in [5, 5.41) is 6.78. The predicted molar refractivity (Wildman–Crippen MR) is 166 cm³/mol. The van der Waals surface area contributed by atoms with Crippen LogP contribution in [0.1, 0.15) is 94.3 Å². The van der Waals surface area contributed by atoms with Crippen molar-refractivity contribution in [3.05, 3.63) is 53.3 Å². The van der Waals surface area contributed by atoms with Gasteiger partial charge in [0.25, 0.3) is 15.9 Å². The van der Waals surface area contributed by atoms with E-state index < -0.39 is 40.7 Å². The number of hydrogen-bond donors (Lipinski definition) is 2. The van der Waals surface area contributed by atoms with Gasteiger partial charge in [-0.2, -0.15) is 8.42 Å². The topological polar surface area (TPSA) is 128 Å². The number of hydrogen-bond acceptors (Lipinski definition) is 8. The van der Waals surface area contributed by atoms with Gasteiger partial charge >= 0.3 is 0 Å². The summed E-state index contributed by atoms with van der Waals surface area (Å²) in [6.45, 7) is 6.45. The number of carbonyl (C=O) groups is 1. The monoisotopic (exact) mass is 632 g/mol. The number of anilines is 1. The Balaban J connectivity index is 1.16. The summed E-state index contributed by atoms with van der Waals surface area (Å²) in [6.07, 6.45) is 4.13. The average Bonchev–Trinajstić information content (AvgIpc) is 3.42. The van der Waals surface area contributed by atoms with Crippen molar-refractivity contribution in [2.24, 2.45) is 16.7 Å². The third kappa shape index (κ3) is 8.47. The summed E-state index contributed by atoms with van der Waals surface area (Å²) in [5.41, 5.74) is -0.502. The molecule has 0 radical (unpaired) electrons. The van der Waals surface area contributed by atoms with Gasteiger partial charge in [0, 0.05) is 24.3 Å². The first-order chi connectivity index (χ1) is 21.9. The maximum absolute atomic E-state index is 13.0. The minimum atomic E-state index is -4.33. The number of nitrogens with one attached hydrogen (secondary N) is 2. The molecule has 3 heterocycles. The Labute approximate surface area is 264 Å². The van der Waals surface area contributed by atoms with Crippen LogP contribution in [0.3, 0.4) is 0 Å². The van der Waals surface area contributed by atoms with Crippen LogP contribution in [0.25, 0.3) is 5.82 Å². The van der Waals surface area contributed by atoms with E-state index in [1.807, 2.05) is 4.72 Å².